The van der Waals surface area contributed by atoms with Gasteiger partial charge in [0.25, 0.3) is 11.6 Å². The molecule has 1 aromatic heterocycles. The minimum absolute atomic E-state index is 0.0258. The quantitative estimate of drug-likeness (QED) is 0.542. The number of aromatic nitrogens is 1. The maximum absolute atomic E-state index is 12.3. The van der Waals surface area contributed by atoms with Crippen LogP contribution in [0.4, 0.5) is 5.69 Å². The van der Waals surface area contributed by atoms with Crippen LogP contribution in [0.2, 0.25) is 0 Å². The van der Waals surface area contributed by atoms with Crippen molar-refractivity contribution >= 4 is 28.5 Å². The molecule has 0 aliphatic carbocycles. The van der Waals surface area contributed by atoms with Gasteiger partial charge in [-0.2, -0.15) is 0 Å². The number of aliphatic carboxylic acids is 1. The van der Waals surface area contributed by atoms with Gasteiger partial charge in [-0.3, -0.25) is 14.9 Å². The Morgan fingerprint density at radius 3 is 2.74 bits per heavy atom. The van der Waals surface area contributed by atoms with Gasteiger partial charge < -0.3 is 20.1 Å². The van der Waals surface area contributed by atoms with Crippen molar-refractivity contribution in [2.24, 2.45) is 0 Å². The number of H-pyrrole nitrogens is 1. The zero-order valence-electron chi connectivity index (χ0n) is 12.5. The molecule has 0 aliphatic heterocycles. The van der Waals surface area contributed by atoms with Crippen LogP contribution in [0, 0.1) is 10.1 Å². The van der Waals surface area contributed by atoms with Crippen LogP contribution in [0.15, 0.2) is 24.3 Å². The number of nitrogens with zero attached hydrogens (tertiary/aromatic N) is 1. The Morgan fingerprint density at radius 2 is 2.17 bits per heavy atom. The summed E-state index contributed by atoms with van der Waals surface area (Å²) in [5.74, 6) is -1.95. The number of carbonyl (C=O) groups excluding carboxylic acids is 1. The molecule has 3 N–H and O–H groups in total. The first kappa shape index (κ1) is 16.4. The monoisotopic (exact) mass is 321 g/mol. The number of benzene rings is 1. The van der Waals surface area contributed by atoms with Crippen molar-refractivity contribution < 1.29 is 24.4 Å². The van der Waals surface area contributed by atoms with Gasteiger partial charge in [-0.1, -0.05) is 12.1 Å². The highest BCUT2D eigenvalue weighted by Gasteiger charge is 2.35. The predicted molar refractivity (Wildman–Crippen MR) is 80.3 cm³/mol. The number of ether oxygens (including phenoxy) is 1. The molecule has 0 radical (unpaired) electrons. The number of carboxylic acids is 1. The third-order valence-electron chi connectivity index (χ3n) is 3.37. The SMILES string of the molecule is COCC(C)(NC(=O)c1cc2cccc([N+](=O)[O-])c2[nH]1)C(=O)O. The number of nitro groups is 1. The van der Waals surface area contributed by atoms with Gasteiger partial charge in [-0.15, -0.1) is 0 Å². The van der Waals surface area contributed by atoms with Crippen molar-refractivity contribution in [2.75, 3.05) is 13.7 Å². The lowest BCUT2D eigenvalue weighted by molar-refractivity contribution is -0.383. The smallest absolute Gasteiger partial charge is 0.331 e. The average Bonchev–Trinajstić information content (AvgIpc) is 2.90. The number of para-hydroxylation sites is 1. The number of non-ortho nitro benzene ring substituents is 1. The normalized spacial score (nSPS) is 13.5. The molecule has 0 saturated carbocycles. The van der Waals surface area contributed by atoms with Gasteiger partial charge in [0.05, 0.1) is 11.5 Å². The van der Waals surface area contributed by atoms with E-state index < -0.39 is 22.3 Å². The van der Waals surface area contributed by atoms with E-state index in [1.165, 1.54) is 32.2 Å². The first-order valence-electron chi connectivity index (χ1n) is 6.59. The predicted octanol–water partition coefficient (Wildman–Crippen LogP) is 1.30. The van der Waals surface area contributed by atoms with E-state index in [1.807, 2.05) is 0 Å². The minimum Gasteiger partial charge on any atom is -0.479 e. The lowest BCUT2D eigenvalue weighted by atomic mass is 10.0. The van der Waals surface area contributed by atoms with Crippen molar-refractivity contribution in [3.05, 3.63) is 40.1 Å². The largest absolute Gasteiger partial charge is 0.479 e. The van der Waals surface area contributed by atoms with Crippen LogP contribution >= 0.6 is 0 Å². The second kappa shape index (κ2) is 6.05. The lowest BCUT2D eigenvalue weighted by Crippen LogP contribution is -2.55. The lowest BCUT2D eigenvalue weighted by Gasteiger charge is -2.24. The highest BCUT2D eigenvalue weighted by Crippen LogP contribution is 2.25. The third kappa shape index (κ3) is 3.14. The molecule has 1 heterocycles. The van der Waals surface area contributed by atoms with Crippen LogP contribution in [0.1, 0.15) is 17.4 Å². The van der Waals surface area contributed by atoms with E-state index in [1.54, 1.807) is 6.07 Å². The van der Waals surface area contributed by atoms with Gasteiger partial charge in [-0.25, -0.2) is 4.79 Å². The number of aromatic amines is 1. The first-order valence-corrected chi connectivity index (χ1v) is 6.59. The molecule has 0 aliphatic rings. The zero-order valence-corrected chi connectivity index (χ0v) is 12.5. The van der Waals surface area contributed by atoms with Gasteiger partial charge in [-0.05, 0) is 13.0 Å². The van der Waals surface area contributed by atoms with E-state index in [4.69, 9.17) is 4.74 Å². The van der Waals surface area contributed by atoms with E-state index in [9.17, 15) is 24.8 Å². The summed E-state index contributed by atoms with van der Waals surface area (Å²) >= 11 is 0. The Balaban J connectivity index is 2.37. The molecule has 9 nitrogen and oxygen atoms in total. The Kier molecular flexibility index (Phi) is 4.32. The molecule has 1 aromatic carbocycles. The van der Waals surface area contributed by atoms with Gasteiger partial charge in [0.15, 0.2) is 5.54 Å². The molecule has 1 amide bonds. The molecular formula is C14H15N3O6. The molecule has 122 valence electrons. The summed E-state index contributed by atoms with van der Waals surface area (Å²) in [6, 6.07) is 5.85. The van der Waals surface area contributed by atoms with Crippen molar-refractivity contribution in [1.82, 2.24) is 10.3 Å². The Labute approximate surface area is 130 Å². The summed E-state index contributed by atoms with van der Waals surface area (Å²) in [5.41, 5.74) is -1.56. The number of hydrogen-bond acceptors (Lipinski definition) is 5. The number of nitrogens with one attached hydrogen (secondary N) is 2. The van der Waals surface area contributed by atoms with E-state index in [2.05, 4.69) is 10.3 Å². The number of fused-ring (bicyclic) bond motifs is 1. The summed E-state index contributed by atoms with van der Waals surface area (Å²) in [7, 11) is 1.32. The first-order chi connectivity index (χ1) is 10.8. The van der Waals surface area contributed by atoms with Crippen molar-refractivity contribution in [3.63, 3.8) is 0 Å². The standard InChI is InChI=1S/C14H15N3O6/c1-14(7-23-2,13(19)20)16-12(18)9-6-8-4-3-5-10(17(21)22)11(8)15-9/h3-6,15H,7H2,1-2H3,(H,16,18)(H,19,20). The molecule has 1 atom stereocenters. The summed E-state index contributed by atoms with van der Waals surface area (Å²) in [6.07, 6.45) is 0. The maximum Gasteiger partial charge on any atom is 0.331 e. The Morgan fingerprint density at radius 1 is 1.48 bits per heavy atom. The number of rotatable bonds is 6. The van der Waals surface area contributed by atoms with Crippen LogP contribution < -0.4 is 5.32 Å². The van der Waals surface area contributed by atoms with Gasteiger partial charge in [0, 0.05) is 18.6 Å². The van der Waals surface area contributed by atoms with E-state index in [-0.39, 0.29) is 23.5 Å². The number of methoxy groups -OCH3 is 1. The van der Waals surface area contributed by atoms with E-state index in [0.29, 0.717) is 5.39 Å². The molecule has 23 heavy (non-hydrogen) atoms. The second-order valence-electron chi connectivity index (χ2n) is 5.21. The zero-order chi connectivity index (χ0) is 17.2. The summed E-state index contributed by atoms with van der Waals surface area (Å²) in [6.45, 7) is 1.08. The number of carboxylic acid groups (broad SMARTS) is 1. The van der Waals surface area contributed by atoms with Crippen LogP contribution in [0.5, 0.6) is 0 Å². The van der Waals surface area contributed by atoms with Gasteiger partial charge >= 0.3 is 5.97 Å². The number of hydrogen-bond donors (Lipinski definition) is 3. The molecule has 2 rings (SSSR count). The second-order valence-corrected chi connectivity index (χ2v) is 5.21. The molecule has 0 bridgehead atoms. The molecule has 0 spiro atoms. The fourth-order valence-corrected chi connectivity index (χ4v) is 2.17. The Bertz CT molecular complexity index is 784. The Hall–Kier alpha value is -2.94. The number of nitro benzene ring substituents is 1. The van der Waals surface area contributed by atoms with E-state index in [0.717, 1.165) is 0 Å². The molecule has 9 heteroatoms. The van der Waals surface area contributed by atoms with Crippen molar-refractivity contribution in [2.45, 2.75) is 12.5 Å². The maximum atomic E-state index is 12.3. The van der Waals surface area contributed by atoms with Crippen LogP contribution in [-0.2, 0) is 9.53 Å². The fraction of sp³-hybridized carbons (Fsp3) is 0.286. The highest BCUT2D eigenvalue weighted by molar-refractivity contribution is 6.02. The third-order valence-corrected chi connectivity index (χ3v) is 3.37. The topological polar surface area (TPSA) is 135 Å². The minimum atomic E-state index is -1.62. The van der Waals surface area contributed by atoms with Crippen molar-refractivity contribution in [1.29, 1.82) is 0 Å². The summed E-state index contributed by atoms with van der Waals surface area (Å²) < 4.78 is 4.82. The van der Waals surface area contributed by atoms with Gasteiger partial charge in [0.2, 0.25) is 0 Å². The molecule has 2 aromatic rings. The van der Waals surface area contributed by atoms with Gasteiger partial charge in [0.1, 0.15) is 11.2 Å². The van der Waals surface area contributed by atoms with Crippen molar-refractivity contribution in [3.8, 4) is 0 Å². The summed E-state index contributed by atoms with van der Waals surface area (Å²) in [5, 5.41) is 23.0. The number of carbonyl (C=O) groups is 2. The molecule has 1 unspecified atom stereocenters. The van der Waals surface area contributed by atoms with Crippen LogP contribution in [-0.4, -0.2) is 46.1 Å². The molecular weight excluding hydrogens is 306 g/mol. The summed E-state index contributed by atoms with van der Waals surface area (Å²) in [4.78, 5) is 36.6. The van der Waals surface area contributed by atoms with Crippen LogP contribution in [0.3, 0.4) is 0 Å². The highest BCUT2D eigenvalue weighted by atomic mass is 16.6. The fourth-order valence-electron chi connectivity index (χ4n) is 2.17. The van der Waals surface area contributed by atoms with Crippen LogP contribution in [0.25, 0.3) is 10.9 Å². The number of amides is 1. The molecule has 0 saturated heterocycles. The molecule has 0 fully saturated rings. The van der Waals surface area contributed by atoms with E-state index >= 15 is 0 Å². The average molecular weight is 321 g/mol.